The van der Waals surface area contributed by atoms with Crippen molar-refractivity contribution in [1.82, 2.24) is 24.6 Å². The fourth-order valence-electron chi connectivity index (χ4n) is 4.92. The predicted octanol–water partition coefficient (Wildman–Crippen LogP) is 3.67. The second-order valence-electron chi connectivity index (χ2n) is 10.4. The number of amides is 4. The van der Waals surface area contributed by atoms with Crippen LogP contribution in [0, 0.1) is 5.82 Å². The Morgan fingerprint density at radius 3 is 2.62 bits per heavy atom. The van der Waals surface area contributed by atoms with Crippen molar-refractivity contribution in [3.8, 4) is 0 Å². The van der Waals surface area contributed by atoms with Crippen molar-refractivity contribution in [3.63, 3.8) is 0 Å². The van der Waals surface area contributed by atoms with E-state index >= 15 is 0 Å². The van der Waals surface area contributed by atoms with E-state index in [1.54, 1.807) is 36.4 Å². The topological polar surface area (TPSA) is 116 Å². The first-order chi connectivity index (χ1) is 19.0. The van der Waals surface area contributed by atoms with Gasteiger partial charge in [0.2, 0.25) is 5.91 Å². The molecule has 1 aliphatic heterocycles. The van der Waals surface area contributed by atoms with Gasteiger partial charge in [-0.05, 0) is 57.7 Å². The van der Waals surface area contributed by atoms with Crippen LogP contribution in [0.5, 0.6) is 0 Å². The van der Waals surface area contributed by atoms with Gasteiger partial charge in [-0.15, -0.1) is 0 Å². The largest absolute Gasteiger partial charge is 0.351 e. The van der Waals surface area contributed by atoms with Gasteiger partial charge < -0.3 is 31.1 Å². The first-order valence-electron chi connectivity index (χ1n) is 13.1. The van der Waals surface area contributed by atoms with Gasteiger partial charge in [0.15, 0.2) is 0 Å². The van der Waals surface area contributed by atoms with Gasteiger partial charge in [0.25, 0.3) is 0 Å². The van der Waals surface area contributed by atoms with Crippen LogP contribution in [0.4, 0.5) is 19.7 Å². The molecule has 2 aromatic carbocycles. The van der Waals surface area contributed by atoms with Gasteiger partial charge in [0.05, 0.1) is 16.2 Å². The lowest BCUT2D eigenvalue weighted by molar-refractivity contribution is -0.124. The first-order valence-corrected chi connectivity index (χ1v) is 13.5. The van der Waals surface area contributed by atoms with E-state index in [4.69, 9.17) is 17.3 Å². The third kappa shape index (κ3) is 6.72. The van der Waals surface area contributed by atoms with Gasteiger partial charge in [0, 0.05) is 49.9 Å². The molecule has 0 bridgehead atoms. The van der Waals surface area contributed by atoms with E-state index in [1.807, 2.05) is 21.1 Å². The van der Waals surface area contributed by atoms with Crippen molar-refractivity contribution in [1.29, 1.82) is 0 Å². The Labute approximate surface area is 237 Å². The number of urea groups is 1. The Morgan fingerprint density at radius 2 is 1.90 bits per heavy atom. The number of primary amides is 1. The Bertz CT molecular complexity index is 1410. The molecule has 0 aliphatic carbocycles. The van der Waals surface area contributed by atoms with E-state index < -0.39 is 23.9 Å². The number of halogens is 2. The molecule has 0 unspecified atom stereocenters. The number of nitrogens with zero attached hydrogens (tertiary/aromatic N) is 4. The Morgan fingerprint density at radius 1 is 1.15 bits per heavy atom. The number of hydrogen-bond acceptors (Lipinski definition) is 5. The molecule has 4 rings (SSSR count). The number of para-hydroxylation sites is 1. The molecule has 1 saturated heterocycles. The average molecular weight is 572 g/mol. The minimum Gasteiger partial charge on any atom is -0.351 e. The molecule has 4 amide bonds. The van der Waals surface area contributed by atoms with E-state index in [9.17, 15) is 18.8 Å². The highest BCUT2D eigenvalue weighted by Gasteiger charge is 2.34. The molecule has 12 heteroatoms. The number of hydrogen-bond donors (Lipinski definition) is 3. The normalized spacial score (nSPS) is 15.3. The smallest absolute Gasteiger partial charge is 0.323 e. The summed E-state index contributed by atoms with van der Waals surface area (Å²) in [4.78, 5) is 43.8. The molecule has 40 heavy (non-hydrogen) atoms. The molecule has 2 heterocycles. The lowest BCUT2D eigenvalue weighted by atomic mass is 10.1. The number of carbonyl (C=O) groups is 3. The minimum absolute atomic E-state index is 0.000228. The molecular weight excluding hydrogens is 537 g/mol. The zero-order valence-electron chi connectivity index (χ0n) is 22.9. The Kier molecular flexibility index (Phi) is 9.28. The summed E-state index contributed by atoms with van der Waals surface area (Å²) in [6, 6.07) is 8.50. The maximum absolute atomic E-state index is 14.8. The molecule has 214 valence electrons. The number of aromatic nitrogens is 1. The van der Waals surface area contributed by atoms with E-state index in [1.165, 1.54) is 15.7 Å². The highest BCUT2D eigenvalue weighted by Crippen LogP contribution is 2.27. The predicted molar refractivity (Wildman–Crippen MR) is 154 cm³/mol. The number of fused-ring (bicyclic) bond motifs is 1. The van der Waals surface area contributed by atoms with Crippen LogP contribution in [-0.2, 0) is 17.9 Å². The van der Waals surface area contributed by atoms with Crippen LogP contribution in [-0.4, -0.2) is 84.1 Å². The standard InChI is InChI=1S/C28H35ClFN7O3/c1-34(2)11-12-35(3)16-18-13-19(25(30)21(29)14-18)15-32-26(38)24-9-6-10-36(24)28(40)33-22-17-37(27(31)39)23-8-5-4-7-20(22)23/h4-5,7-8,13-14,17,24H,6,9-12,15-16H2,1-3H3,(H2,31,39)(H,32,38)(H,33,40)/t24-/m0/s1. The van der Waals surface area contributed by atoms with Crippen LogP contribution in [0.25, 0.3) is 10.9 Å². The van der Waals surface area contributed by atoms with Gasteiger partial charge >= 0.3 is 12.1 Å². The van der Waals surface area contributed by atoms with Gasteiger partial charge in [-0.3, -0.25) is 9.36 Å². The summed E-state index contributed by atoms with van der Waals surface area (Å²) >= 11 is 6.17. The van der Waals surface area contributed by atoms with Gasteiger partial charge in [0.1, 0.15) is 11.9 Å². The molecule has 4 N–H and O–H groups in total. The number of anilines is 1. The number of likely N-dealkylation sites (tertiary alicyclic amines) is 1. The molecule has 0 saturated carbocycles. The molecule has 1 aromatic heterocycles. The monoisotopic (exact) mass is 571 g/mol. The van der Waals surface area contributed by atoms with Crippen molar-refractivity contribution < 1.29 is 18.8 Å². The number of benzene rings is 2. The lowest BCUT2D eigenvalue weighted by Gasteiger charge is -2.24. The van der Waals surface area contributed by atoms with Gasteiger partial charge in [-0.1, -0.05) is 29.8 Å². The Balaban J connectivity index is 1.41. The van der Waals surface area contributed by atoms with Crippen LogP contribution in [0.3, 0.4) is 0 Å². The van der Waals surface area contributed by atoms with Crippen molar-refractivity contribution in [2.45, 2.75) is 32.0 Å². The molecule has 10 nitrogen and oxygen atoms in total. The Hall–Kier alpha value is -3.67. The van der Waals surface area contributed by atoms with E-state index in [0.29, 0.717) is 42.5 Å². The molecule has 3 aromatic rings. The van der Waals surface area contributed by atoms with Crippen molar-refractivity contribution in [2.24, 2.45) is 5.73 Å². The summed E-state index contributed by atoms with van der Waals surface area (Å²) in [7, 11) is 5.98. The van der Waals surface area contributed by atoms with E-state index in [2.05, 4.69) is 20.4 Å². The summed E-state index contributed by atoms with van der Waals surface area (Å²) in [5.41, 5.74) is 7.57. The first kappa shape index (κ1) is 29.3. The summed E-state index contributed by atoms with van der Waals surface area (Å²) < 4.78 is 16.1. The highest BCUT2D eigenvalue weighted by atomic mass is 35.5. The zero-order chi connectivity index (χ0) is 29.0. The van der Waals surface area contributed by atoms with Crippen LogP contribution < -0.4 is 16.4 Å². The van der Waals surface area contributed by atoms with E-state index in [0.717, 1.165) is 18.7 Å². The average Bonchev–Trinajstić information content (AvgIpc) is 3.54. The van der Waals surface area contributed by atoms with Crippen LogP contribution >= 0.6 is 11.6 Å². The van der Waals surface area contributed by atoms with Crippen molar-refractivity contribution in [2.75, 3.05) is 46.1 Å². The fraction of sp³-hybridized carbons (Fsp3) is 0.393. The third-order valence-electron chi connectivity index (χ3n) is 7.01. The minimum atomic E-state index is -0.719. The van der Waals surface area contributed by atoms with Gasteiger partial charge in [-0.2, -0.15) is 0 Å². The highest BCUT2D eigenvalue weighted by molar-refractivity contribution is 6.30. The molecule has 1 aliphatic rings. The third-order valence-corrected chi connectivity index (χ3v) is 7.28. The number of nitrogens with one attached hydrogen (secondary N) is 2. The second kappa shape index (κ2) is 12.7. The summed E-state index contributed by atoms with van der Waals surface area (Å²) in [5, 5.41) is 6.24. The molecule has 0 radical (unpaired) electrons. The van der Waals surface area contributed by atoms with Crippen LogP contribution in [0.1, 0.15) is 24.0 Å². The number of carbonyl (C=O) groups excluding carboxylic acids is 3. The lowest BCUT2D eigenvalue weighted by Crippen LogP contribution is -2.47. The molecule has 0 spiro atoms. The summed E-state index contributed by atoms with van der Waals surface area (Å²) in [5.74, 6) is -0.954. The van der Waals surface area contributed by atoms with E-state index in [-0.39, 0.29) is 23.0 Å². The van der Waals surface area contributed by atoms with Gasteiger partial charge in [-0.25, -0.2) is 14.0 Å². The quantitative estimate of drug-likeness (QED) is 0.362. The second-order valence-corrected chi connectivity index (χ2v) is 10.8. The number of likely N-dealkylation sites (N-methyl/N-ethyl adjacent to an activating group) is 2. The number of rotatable bonds is 9. The summed E-state index contributed by atoms with van der Waals surface area (Å²) in [6.07, 6.45) is 2.58. The van der Waals surface area contributed by atoms with Crippen LogP contribution in [0.15, 0.2) is 42.6 Å². The SMILES string of the molecule is CN(C)CCN(C)Cc1cc(Cl)c(F)c(CNC(=O)[C@@H]2CCCN2C(=O)Nc2cn(C(N)=O)c3ccccc23)c1. The number of nitrogens with two attached hydrogens (primary N) is 1. The molecule has 1 atom stereocenters. The van der Waals surface area contributed by atoms with Crippen molar-refractivity contribution in [3.05, 3.63) is 64.6 Å². The molecular formula is C28H35ClFN7O3. The molecule has 1 fully saturated rings. The van der Waals surface area contributed by atoms with Crippen molar-refractivity contribution >= 4 is 46.2 Å². The zero-order valence-corrected chi connectivity index (χ0v) is 23.7. The summed E-state index contributed by atoms with van der Waals surface area (Å²) in [6.45, 7) is 2.62. The fourth-order valence-corrected chi connectivity index (χ4v) is 5.18. The van der Waals surface area contributed by atoms with Crippen LogP contribution in [0.2, 0.25) is 5.02 Å². The maximum Gasteiger partial charge on any atom is 0.323 e. The maximum atomic E-state index is 14.8.